The number of rotatable bonds is 6. The van der Waals surface area contributed by atoms with E-state index in [1.165, 1.54) is 19.2 Å². The predicted molar refractivity (Wildman–Crippen MR) is 136 cm³/mol. The molecule has 3 aromatic rings. The fourth-order valence-corrected chi connectivity index (χ4v) is 4.85. The summed E-state index contributed by atoms with van der Waals surface area (Å²) in [7, 11) is 3.11. The number of aromatic nitrogens is 2. The fraction of sp³-hybridized carbons (Fsp3) is 0.296. The van der Waals surface area contributed by atoms with Crippen LogP contribution in [0.3, 0.4) is 0 Å². The second-order valence-electron chi connectivity index (χ2n) is 9.21. The van der Waals surface area contributed by atoms with Crippen LogP contribution in [0.5, 0.6) is 5.75 Å². The fourth-order valence-electron chi connectivity index (χ4n) is 4.85. The zero-order valence-corrected chi connectivity index (χ0v) is 20.9. The first-order valence-electron chi connectivity index (χ1n) is 11.9. The Morgan fingerprint density at radius 2 is 2.08 bits per heavy atom. The minimum atomic E-state index is -1.20. The second kappa shape index (κ2) is 9.61. The Morgan fingerprint density at radius 3 is 2.76 bits per heavy atom. The number of hydrogen-bond donors (Lipinski definition) is 1. The predicted octanol–water partition coefficient (Wildman–Crippen LogP) is 4.61. The third-order valence-corrected chi connectivity index (χ3v) is 6.70. The number of ether oxygens (including phenoxy) is 1. The van der Waals surface area contributed by atoms with Crippen molar-refractivity contribution in [2.45, 2.75) is 25.5 Å². The van der Waals surface area contributed by atoms with Gasteiger partial charge in [-0.1, -0.05) is 11.2 Å². The summed E-state index contributed by atoms with van der Waals surface area (Å²) in [6.45, 7) is 2.55. The number of methoxy groups -OCH3 is 1. The molecule has 1 fully saturated rings. The Bertz CT molecular complexity index is 1380. The highest BCUT2D eigenvalue weighted by molar-refractivity contribution is 6.03. The number of fused-ring (bicyclic) bond motifs is 1. The molecule has 1 saturated heterocycles. The third-order valence-electron chi connectivity index (χ3n) is 6.70. The Morgan fingerprint density at radius 1 is 1.30 bits per heavy atom. The number of hydrogen-bond acceptors (Lipinski definition) is 6. The van der Waals surface area contributed by atoms with E-state index in [4.69, 9.17) is 9.57 Å². The summed E-state index contributed by atoms with van der Waals surface area (Å²) in [5.41, 5.74) is 3.11. The van der Waals surface area contributed by atoms with Gasteiger partial charge in [0, 0.05) is 25.4 Å². The smallest absolute Gasteiger partial charge is 0.407 e. The van der Waals surface area contributed by atoms with Crippen molar-refractivity contribution in [3.05, 3.63) is 83.2 Å². The first kappa shape index (κ1) is 24.4. The van der Waals surface area contributed by atoms with Crippen LogP contribution in [0.1, 0.15) is 29.7 Å². The summed E-state index contributed by atoms with van der Waals surface area (Å²) in [6.07, 6.45) is 6.23. The molecule has 0 radical (unpaired) electrons. The number of carbonyl (C=O) groups is 1. The van der Waals surface area contributed by atoms with E-state index in [1.807, 2.05) is 46.9 Å². The van der Waals surface area contributed by atoms with E-state index in [2.05, 4.69) is 10.1 Å². The Kier molecular flexibility index (Phi) is 6.32. The van der Waals surface area contributed by atoms with Gasteiger partial charge in [-0.3, -0.25) is 0 Å². The number of piperidine rings is 1. The van der Waals surface area contributed by atoms with E-state index in [-0.39, 0.29) is 12.4 Å². The van der Waals surface area contributed by atoms with Crippen LogP contribution in [0, 0.1) is 12.7 Å². The van der Waals surface area contributed by atoms with Gasteiger partial charge in [-0.2, -0.15) is 0 Å². The number of oxime groups is 1. The molecule has 10 heteroatoms. The summed E-state index contributed by atoms with van der Waals surface area (Å²) in [6, 6.07) is 11.8. The molecule has 192 valence electrons. The molecular formula is C27H28FN5O4. The molecule has 0 spiro atoms. The van der Waals surface area contributed by atoms with Crippen LogP contribution in [0.2, 0.25) is 0 Å². The molecule has 1 atom stereocenters. The summed E-state index contributed by atoms with van der Waals surface area (Å²) < 4.78 is 21.3. The van der Waals surface area contributed by atoms with Gasteiger partial charge in [-0.25, -0.2) is 14.2 Å². The lowest BCUT2D eigenvalue weighted by Crippen LogP contribution is -2.55. The molecule has 2 aliphatic heterocycles. The van der Waals surface area contributed by atoms with E-state index in [9.17, 15) is 14.3 Å². The molecule has 0 unspecified atom stereocenters. The molecule has 0 saturated carbocycles. The van der Waals surface area contributed by atoms with Crippen LogP contribution in [0.25, 0.3) is 11.8 Å². The molecule has 1 amide bonds. The van der Waals surface area contributed by atoms with Crippen molar-refractivity contribution in [3.8, 4) is 11.4 Å². The van der Waals surface area contributed by atoms with Gasteiger partial charge < -0.3 is 29.0 Å². The Balaban J connectivity index is 1.50. The number of amides is 1. The molecular weight excluding hydrogens is 477 g/mol. The van der Waals surface area contributed by atoms with Crippen molar-refractivity contribution >= 4 is 18.0 Å². The highest BCUT2D eigenvalue weighted by Crippen LogP contribution is 2.41. The van der Waals surface area contributed by atoms with Crippen molar-refractivity contribution in [2.24, 2.45) is 5.16 Å². The van der Waals surface area contributed by atoms with E-state index in [1.54, 1.807) is 25.6 Å². The number of likely N-dealkylation sites (N-methyl/N-ethyl adjacent to an activating group) is 1. The quantitative estimate of drug-likeness (QED) is 0.526. The SMILES string of the molecule is COc1cc(C=C2CCCN3C2=NO[C@]3(CN(C)C(=O)O)c2ccc(F)cc2)ccc1-n1cnc(C)c1. The lowest BCUT2D eigenvalue weighted by molar-refractivity contribution is -0.118. The summed E-state index contributed by atoms with van der Waals surface area (Å²) >= 11 is 0. The highest BCUT2D eigenvalue weighted by Gasteiger charge is 2.50. The normalized spacial score (nSPS) is 19.8. The summed E-state index contributed by atoms with van der Waals surface area (Å²) in [5.74, 6) is 0.961. The van der Waals surface area contributed by atoms with Crippen LogP contribution < -0.4 is 4.74 Å². The minimum Gasteiger partial charge on any atom is -0.495 e. The van der Waals surface area contributed by atoms with Crippen molar-refractivity contribution < 1.29 is 23.9 Å². The zero-order chi connectivity index (χ0) is 26.2. The number of halogens is 1. The standard InChI is InChI=1S/C27H28FN5O4/c1-18-15-32(17-29-18)23-11-6-19(14-24(23)36-3)13-20-5-4-12-33-25(20)30-37-27(33,16-31(2)26(34)35)21-7-9-22(28)10-8-21/h6-11,13-15,17H,4-5,12,16H2,1-3H3,(H,34,35)/t27-/m1/s1. The maximum atomic E-state index is 13.7. The number of benzene rings is 2. The van der Waals surface area contributed by atoms with E-state index < -0.39 is 11.8 Å². The highest BCUT2D eigenvalue weighted by atomic mass is 19.1. The molecule has 2 aromatic carbocycles. The van der Waals surface area contributed by atoms with Crippen molar-refractivity contribution in [1.82, 2.24) is 19.4 Å². The molecule has 2 aliphatic rings. The molecule has 0 aliphatic carbocycles. The van der Waals surface area contributed by atoms with Gasteiger partial charge in [0.15, 0.2) is 5.84 Å². The average molecular weight is 506 g/mol. The van der Waals surface area contributed by atoms with E-state index >= 15 is 0 Å². The number of amidine groups is 1. The molecule has 1 aromatic heterocycles. The van der Waals surface area contributed by atoms with Gasteiger partial charge >= 0.3 is 6.09 Å². The Hall–Kier alpha value is -4.34. The molecule has 37 heavy (non-hydrogen) atoms. The van der Waals surface area contributed by atoms with E-state index in [0.29, 0.717) is 23.7 Å². The average Bonchev–Trinajstić information content (AvgIpc) is 3.49. The van der Waals surface area contributed by atoms with Gasteiger partial charge in [0.05, 0.1) is 31.4 Å². The second-order valence-corrected chi connectivity index (χ2v) is 9.21. The molecule has 9 nitrogen and oxygen atoms in total. The topological polar surface area (TPSA) is 92.4 Å². The summed E-state index contributed by atoms with van der Waals surface area (Å²) in [5, 5.41) is 14.0. The minimum absolute atomic E-state index is 0.00108. The maximum absolute atomic E-state index is 13.7. The van der Waals surface area contributed by atoms with Gasteiger partial charge in [0.1, 0.15) is 11.6 Å². The van der Waals surface area contributed by atoms with Crippen LogP contribution in [0.4, 0.5) is 9.18 Å². The number of aryl methyl sites for hydroxylation is 1. The summed E-state index contributed by atoms with van der Waals surface area (Å²) in [4.78, 5) is 25.2. The monoisotopic (exact) mass is 505 g/mol. The number of carboxylic acid groups (broad SMARTS) is 1. The van der Waals surface area contributed by atoms with Crippen LogP contribution in [-0.2, 0) is 10.6 Å². The van der Waals surface area contributed by atoms with Gasteiger partial charge in [0.25, 0.3) is 5.72 Å². The van der Waals surface area contributed by atoms with Crippen LogP contribution >= 0.6 is 0 Å². The molecule has 5 rings (SSSR count). The Labute approximate surface area is 214 Å². The van der Waals surface area contributed by atoms with Crippen LogP contribution in [0.15, 0.2) is 65.7 Å². The molecule has 3 heterocycles. The van der Waals surface area contributed by atoms with Crippen LogP contribution in [-0.4, -0.2) is 63.6 Å². The van der Waals surface area contributed by atoms with Crippen molar-refractivity contribution in [2.75, 3.05) is 27.2 Å². The van der Waals surface area contributed by atoms with Crippen molar-refractivity contribution in [1.29, 1.82) is 0 Å². The van der Waals surface area contributed by atoms with Gasteiger partial charge in [-0.15, -0.1) is 0 Å². The maximum Gasteiger partial charge on any atom is 0.407 e. The third kappa shape index (κ3) is 4.50. The van der Waals surface area contributed by atoms with Gasteiger partial charge in [0.2, 0.25) is 0 Å². The lowest BCUT2D eigenvalue weighted by atomic mass is 9.94. The first-order chi connectivity index (χ1) is 17.8. The number of imidazole rings is 1. The van der Waals surface area contributed by atoms with Crippen molar-refractivity contribution in [3.63, 3.8) is 0 Å². The number of nitrogens with zero attached hydrogens (tertiary/aromatic N) is 5. The van der Waals surface area contributed by atoms with Gasteiger partial charge in [-0.05, 0) is 73.4 Å². The largest absolute Gasteiger partial charge is 0.495 e. The zero-order valence-electron chi connectivity index (χ0n) is 20.9. The molecule has 1 N–H and O–H groups in total. The first-order valence-corrected chi connectivity index (χ1v) is 11.9. The lowest BCUT2D eigenvalue weighted by Gasteiger charge is -2.41. The molecule has 0 bridgehead atoms. The van der Waals surface area contributed by atoms with E-state index in [0.717, 1.165) is 40.3 Å².